The predicted octanol–water partition coefficient (Wildman–Crippen LogP) is 2.85. The van der Waals surface area contributed by atoms with Crippen LogP contribution in [-0.4, -0.2) is 10.9 Å². The lowest BCUT2D eigenvalue weighted by Gasteiger charge is -2.16. The number of carbonyl (C=O) groups excluding carboxylic acids is 1. The summed E-state index contributed by atoms with van der Waals surface area (Å²) in [6.45, 7) is 0. The summed E-state index contributed by atoms with van der Waals surface area (Å²) in [7, 11) is 0. The average molecular weight is 269 g/mol. The van der Waals surface area contributed by atoms with Crippen molar-refractivity contribution in [3.8, 4) is 0 Å². The highest BCUT2D eigenvalue weighted by molar-refractivity contribution is 9.10. The van der Waals surface area contributed by atoms with Gasteiger partial charge in [0.15, 0.2) is 0 Å². The minimum Gasteiger partial charge on any atom is -0.388 e. The molecule has 2 nitrogen and oxygen atoms in total. The molecule has 1 aromatic carbocycles. The Kier molecular flexibility index (Phi) is 3.22. The minimum atomic E-state index is -0.631. The quantitative estimate of drug-likeness (QED) is 0.896. The van der Waals surface area contributed by atoms with Gasteiger partial charge in [-0.1, -0.05) is 28.1 Å². The summed E-state index contributed by atoms with van der Waals surface area (Å²) in [5, 5.41) is 10.0. The normalized spacial score (nSPS) is 23.1. The molecule has 0 aliphatic heterocycles. The van der Waals surface area contributed by atoms with Gasteiger partial charge < -0.3 is 5.11 Å². The van der Waals surface area contributed by atoms with E-state index < -0.39 is 6.10 Å². The van der Waals surface area contributed by atoms with E-state index in [0.717, 1.165) is 22.9 Å². The van der Waals surface area contributed by atoms with Crippen LogP contribution in [-0.2, 0) is 4.79 Å². The van der Waals surface area contributed by atoms with Crippen molar-refractivity contribution >= 4 is 21.7 Å². The Balaban J connectivity index is 2.16. The second-order valence-electron chi connectivity index (χ2n) is 3.96. The number of aliphatic hydroxyl groups excluding tert-OH is 1. The van der Waals surface area contributed by atoms with E-state index in [1.54, 1.807) is 0 Å². The molecule has 15 heavy (non-hydrogen) atoms. The van der Waals surface area contributed by atoms with Crippen LogP contribution in [0.4, 0.5) is 0 Å². The predicted molar refractivity (Wildman–Crippen MR) is 61.4 cm³/mol. The Morgan fingerprint density at radius 2 is 2.00 bits per heavy atom. The van der Waals surface area contributed by atoms with Crippen LogP contribution in [0.15, 0.2) is 28.7 Å². The summed E-state index contributed by atoms with van der Waals surface area (Å²) in [6.07, 6.45) is 1.72. The lowest BCUT2D eigenvalue weighted by atomic mass is 9.94. The van der Waals surface area contributed by atoms with Gasteiger partial charge in [-0.15, -0.1) is 0 Å². The molecule has 0 heterocycles. The summed E-state index contributed by atoms with van der Waals surface area (Å²) in [4.78, 5) is 11.5. The smallest absolute Gasteiger partial charge is 0.138 e. The molecule has 1 aromatic rings. The molecule has 1 aliphatic carbocycles. The Bertz CT molecular complexity index is 358. The first-order chi connectivity index (χ1) is 7.18. The molecule has 1 fully saturated rings. The molecule has 1 saturated carbocycles. The molecule has 1 aliphatic rings. The Morgan fingerprint density at radius 1 is 1.33 bits per heavy atom. The summed E-state index contributed by atoms with van der Waals surface area (Å²) in [6, 6.07) is 7.50. The summed E-state index contributed by atoms with van der Waals surface area (Å²) >= 11 is 3.34. The van der Waals surface area contributed by atoms with Crippen LogP contribution in [0.3, 0.4) is 0 Å². The fourth-order valence-corrected chi connectivity index (χ4v) is 2.33. The Hall–Kier alpha value is -0.670. The van der Waals surface area contributed by atoms with Crippen LogP contribution in [0, 0.1) is 5.92 Å². The molecule has 3 heteroatoms. The molecular formula is C12H13BrO2. The van der Waals surface area contributed by atoms with Crippen molar-refractivity contribution in [2.75, 3.05) is 0 Å². The third-order valence-corrected chi connectivity index (χ3v) is 3.47. The molecule has 0 unspecified atom stereocenters. The number of ketones is 1. The molecule has 0 radical (unpaired) electrons. The van der Waals surface area contributed by atoms with Crippen LogP contribution in [0.25, 0.3) is 0 Å². The maximum atomic E-state index is 11.5. The van der Waals surface area contributed by atoms with Gasteiger partial charge in [0.2, 0.25) is 0 Å². The number of Topliss-reactive ketones (excluding diaryl/α,β-unsaturated/α-hetero) is 1. The van der Waals surface area contributed by atoms with Crippen molar-refractivity contribution in [2.45, 2.75) is 25.4 Å². The summed E-state index contributed by atoms with van der Waals surface area (Å²) < 4.78 is 0.983. The largest absolute Gasteiger partial charge is 0.388 e. The zero-order chi connectivity index (χ0) is 10.8. The van der Waals surface area contributed by atoms with Crippen LogP contribution >= 0.6 is 15.9 Å². The van der Waals surface area contributed by atoms with E-state index in [9.17, 15) is 9.90 Å². The van der Waals surface area contributed by atoms with Gasteiger partial charge in [-0.3, -0.25) is 4.79 Å². The van der Waals surface area contributed by atoms with E-state index in [4.69, 9.17) is 0 Å². The number of hydrogen-bond acceptors (Lipinski definition) is 2. The second kappa shape index (κ2) is 4.45. The number of rotatable bonds is 2. The zero-order valence-corrected chi connectivity index (χ0v) is 9.90. The number of carbonyl (C=O) groups is 1. The molecule has 0 spiro atoms. The van der Waals surface area contributed by atoms with E-state index in [-0.39, 0.29) is 11.7 Å². The fraction of sp³-hybridized carbons (Fsp3) is 0.417. The highest BCUT2D eigenvalue weighted by atomic mass is 79.9. The number of aliphatic hydroxyl groups is 1. The van der Waals surface area contributed by atoms with Crippen LogP contribution in [0.5, 0.6) is 0 Å². The number of hydrogen-bond donors (Lipinski definition) is 1. The Morgan fingerprint density at radius 3 is 2.53 bits per heavy atom. The number of benzene rings is 1. The third kappa shape index (κ3) is 2.29. The van der Waals surface area contributed by atoms with Gasteiger partial charge >= 0.3 is 0 Å². The molecule has 2 rings (SSSR count). The van der Waals surface area contributed by atoms with Gasteiger partial charge in [-0.2, -0.15) is 0 Å². The fourth-order valence-electron chi connectivity index (χ4n) is 2.07. The van der Waals surface area contributed by atoms with Crippen molar-refractivity contribution < 1.29 is 9.90 Å². The van der Waals surface area contributed by atoms with Crippen molar-refractivity contribution in [3.63, 3.8) is 0 Å². The SMILES string of the molecule is O=C1CCC[C@@H]1[C@H](O)c1ccc(Br)cc1. The van der Waals surface area contributed by atoms with E-state index in [2.05, 4.69) is 15.9 Å². The van der Waals surface area contributed by atoms with Crippen molar-refractivity contribution in [1.29, 1.82) is 0 Å². The first-order valence-corrected chi connectivity index (χ1v) is 5.94. The third-order valence-electron chi connectivity index (χ3n) is 2.94. The first-order valence-electron chi connectivity index (χ1n) is 5.15. The molecule has 80 valence electrons. The first kappa shape index (κ1) is 10.8. The highest BCUT2D eigenvalue weighted by Gasteiger charge is 2.31. The molecule has 0 saturated heterocycles. The van der Waals surface area contributed by atoms with Gasteiger partial charge in [0.25, 0.3) is 0 Å². The van der Waals surface area contributed by atoms with Gasteiger partial charge in [-0.05, 0) is 30.5 Å². The van der Waals surface area contributed by atoms with Crippen molar-refractivity contribution in [1.82, 2.24) is 0 Å². The van der Waals surface area contributed by atoms with Crippen LogP contribution in [0.2, 0.25) is 0 Å². The monoisotopic (exact) mass is 268 g/mol. The molecule has 2 atom stereocenters. The summed E-state index contributed by atoms with van der Waals surface area (Å²) in [5.41, 5.74) is 0.832. The molecule has 1 N–H and O–H groups in total. The maximum Gasteiger partial charge on any atom is 0.138 e. The van der Waals surface area contributed by atoms with Gasteiger partial charge in [0, 0.05) is 16.8 Å². The molecule has 0 amide bonds. The van der Waals surface area contributed by atoms with E-state index in [1.807, 2.05) is 24.3 Å². The van der Waals surface area contributed by atoms with E-state index in [1.165, 1.54) is 0 Å². The lowest BCUT2D eigenvalue weighted by molar-refractivity contribution is -0.123. The van der Waals surface area contributed by atoms with E-state index >= 15 is 0 Å². The van der Waals surface area contributed by atoms with Gasteiger partial charge in [0.05, 0.1) is 6.10 Å². The standard InChI is InChI=1S/C12H13BrO2/c13-9-6-4-8(5-7-9)12(15)10-2-1-3-11(10)14/h4-7,10,12,15H,1-3H2/t10-,12+/m0/s1. The van der Waals surface area contributed by atoms with Gasteiger partial charge in [-0.25, -0.2) is 0 Å². The lowest BCUT2D eigenvalue weighted by Crippen LogP contribution is -2.16. The Labute approximate surface area is 97.4 Å². The maximum absolute atomic E-state index is 11.5. The molecular weight excluding hydrogens is 256 g/mol. The second-order valence-corrected chi connectivity index (χ2v) is 4.88. The van der Waals surface area contributed by atoms with Gasteiger partial charge in [0.1, 0.15) is 5.78 Å². The van der Waals surface area contributed by atoms with Crippen LogP contribution < -0.4 is 0 Å². The minimum absolute atomic E-state index is 0.189. The van der Waals surface area contributed by atoms with Crippen molar-refractivity contribution in [2.24, 2.45) is 5.92 Å². The molecule has 0 aromatic heterocycles. The summed E-state index contributed by atoms with van der Waals surface area (Å²) in [5.74, 6) is 0.0107. The van der Waals surface area contributed by atoms with E-state index in [0.29, 0.717) is 6.42 Å². The number of halogens is 1. The average Bonchev–Trinajstić information content (AvgIpc) is 2.65. The van der Waals surface area contributed by atoms with Crippen LogP contribution in [0.1, 0.15) is 30.9 Å². The highest BCUT2D eigenvalue weighted by Crippen LogP contribution is 2.33. The topological polar surface area (TPSA) is 37.3 Å². The molecule has 0 bridgehead atoms. The zero-order valence-electron chi connectivity index (χ0n) is 8.32. The van der Waals surface area contributed by atoms with Crippen molar-refractivity contribution in [3.05, 3.63) is 34.3 Å².